The van der Waals surface area contributed by atoms with Crippen molar-refractivity contribution < 1.29 is 4.79 Å². The molecule has 4 heteroatoms. The molecule has 1 saturated heterocycles. The predicted octanol–water partition coefficient (Wildman–Crippen LogP) is 3.64. The van der Waals surface area contributed by atoms with Gasteiger partial charge in [-0.05, 0) is 30.5 Å². The number of carbonyl (C=O) groups is 1. The van der Waals surface area contributed by atoms with Gasteiger partial charge in [-0.1, -0.05) is 32.8 Å². The van der Waals surface area contributed by atoms with Crippen LogP contribution in [-0.2, 0) is 18.3 Å². The lowest BCUT2D eigenvalue weighted by molar-refractivity contribution is -0.130. The van der Waals surface area contributed by atoms with Crippen LogP contribution in [0.4, 0.5) is 0 Å². The summed E-state index contributed by atoms with van der Waals surface area (Å²) in [7, 11) is 2.06. The van der Waals surface area contributed by atoms with Crippen LogP contribution in [0, 0.1) is 0 Å². The minimum atomic E-state index is 0.256. The molecule has 0 saturated carbocycles. The monoisotopic (exact) mass is 313 g/mol. The summed E-state index contributed by atoms with van der Waals surface area (Å²) < 4.78 is 2.15. The second-order valence-electron chi connectivity index (χ2n) is 6.98. The van der Waals surface area contributed by atoms with Gasteiger partial charge in [0.15, 0.2) is 0 Å². The van der Waals surface area contributed by atoms with E-state index in [1.54, 1.807) is 0 Å². The van der Waals surface area contributed by atoms with Gasteiger partial charge in [-0.25, -0.2) is 4.98 Å². The number of amides is 1. The molecule has 0 atom stereocenters. The molecule has 1 aliphatic rings. The zero-order valence-electron chi connectivity index (χ0n) is 14.5. The third-order valence-corrected chi connectivity index (χ3v) is 4.81. The van der Waals surface area contributed by atoms with Crippen molar-refractivity contribution in [3.8, 4) is 0 Å². The summed E-state index contributed by atoms with van der Waals surface area (Å²) in [5, 5.41) is 0. The van der Waals surface area contributed by atoms with Crippen molar-refractivity contribution in [2.75, 3.05) is 13.1 Å². The molecule has 1 aromatic heterocycles. The molecule has 23 heavy (non-hydrogen) atoms. The van der Waals surface area contributed by atoms with Crippen molar-refractivity contribution >= 4 is 16.9 Å². The summed E-state index contributed by atoms with van der Waals surface area (Å²) in [4.78, 5) is 19.3. The topological polar surface area (TPSA) is 38.1 Å². The molecule has 1 aromatic carbocycles. The number of nitrogens with zero attached hydrogens (tertiary/aromatic N) is 3. The van der Waals surface area contributed by atoms with Gasteiger partial charge in [-0.2, -0.15) is 0 Å². The maximum absolute atomic E-state index is 12.5. The number of carbonyl (C=O) groups excluding carboxylic acids is 1. The molecule has 0 aliphatic carbocycles. The molecule has 124 valence electrons. The van der Waals surface area contributed by atoms with E-state index < -0.39 is 0 Å². The first-order valence-corrected chi connectivity index (χ1v) is 8.79. The van der Waals surface area contributed by atoms with E-state index in [4.69, 9.17) is 4.98 Å². The zero-order valence-corrected chi connectivity index (χ0v) is 14.5. The third-order valence-electron chi connectivity index (χ3n) is 4.81. The number of likely N-dealkylation sites (tertiary alicyclic amines) is 1. The third kappa shape index (κ3) is 3.41. The van der Waals surface area contributed by atoms with E-state index in [1.807, 2.05) is 4.90 Å². The van der Waals surface area contributed by atoms with Crippen LogP contribution in [0.1, 0.15) is 56.8 Å². The van der Waals surface area contributed by atoms with Crippen LogP contribution in [0.15, 0.2) is 18.2 Å². The van der Waals surface area contributed by atoms with Gasteiger partial charge in [0.2, 0.25) is 5.91 Å². The Hall–Kier alpha value is -1.84. The van der Waals surface area contributed by atoms with Gasteiger partial charge in [-0.15, -0.1) is 0 Å². The van der Waals surface area contributed by atoms with Crippen LogP contribution < -0.4 is 0 Å². The molecular weight excluding hydrogens is 286 g/mol. The lowest BCUT2D eigenvalue weighted by atomic mass is 10.1. The molecule has 1 amide bonds. The lowest BCUT2D eigenvalue weighted by Crippen LogP contribution is -2.33. The highest BCUT2D eigenvalue weighted by Crippen LogP contribution is 2.22. The summed E-state index contributed by atoms with van der Waals surface area (Å²) in [6.07, 6.45) is 5.28. The molecule has 1 aliphatic heterocycles. The van der Waals surface area contributed by atoms with Gasteiger partial charge in [0.25, 0.3) is 0 Å². The fraction of sp³-hybridized carbons (Fsp3) is 0.579. The second kappa shape index (κ2) is 6.73. The van der Waals surface area contributed by atoms with E-state index in [0.29, 0.717) is 12.3 Å². The van der Waals surface area contributed by atoms with Crippen molar-refractivity contribution in [2.45, 2.75) is 51.9 Å². The fourth-order valence-corrected chi connectivity index (χ4v) is 3.50. The maximum Gasteiger partial charge on any atom is 0.226 e. The van der Waals surface area contributed by atoms with Crippen molar-refractivity contribution in [3.63, 3.8) is 0 Å². The Morgan fingerprint density at radius 3 is 2.52 bits per heavy atom. The first kappa shape index (κ1) is 16.0. The number of benzene rings is 1. The molecule has 0 spiro atoms. The summed E-state index contributed by atoms with van der Waals surface area (Å²) in [5.41, 5.74) is 3.21. The highest BCUT2D eigenvalue weighted by Gasteiger charge is 2.17. The van der Waals surface area contributed by atoms with Gasteiger partial charge in [0, 0.05) is 26.1 Å². The molecule has 0 radical (unpaired) electrons. The summed E-state index contributed by atoms with van der Waals surface area (Å²) >= 11 is 0. The standard InChI is InChI=1S/C19H27N3O/c1-14(2)19-20-16-12-15(8-9-17(16)21(19)3)13-18(23)22-10-6-4-5-7-11-22/h8-9,12,14H,4-7,10-11,13H2,1-3H3. The van der Waals surface area contributed by atoms with E-state index in [-0.39, 0.29) is 5.91 Å². The minimum Gasteiger partial charge on any atom is -0.342 e. The van der Waals surface area contributed by atoms with Gasteiger partial charge < -0.3 is 9.47 Å². The number of aryl methyl sites for hydroxylation is 1. The van der Waals surface area contributed by atoms with E-state index in [1.165, 1.54) is 12.8 Å². The van der Waals surface area contributed by atoms with Gasteiger partial charge in [-0.3, -0.25) is 4.79 Å². The van der Waals surface area contributed by atoms with E-state index in [0.717, 1.165) is 48.4 Å². The van der Waals surface area contributed by atoms with Gasteiger partial charge >= 0.3 is 0 Å². The summed E-state index contributed by atoms with van der Waals surface area (Å²) in [6.45, 7) is 6.15. The minimum absolute atomic E-state index is 0.256. The lowest BCUT2D eigenvalue weighted by Gasteiger charge is -2.20. The van der Waals surface area contributed by atoms with Crippen LogP contribution in [0.5, 0.6) is 0 Å². The molecule has 1 fully saturated rings. The van der Waals surface area contributed by atoms with Crippen LogP contribution in [0.2, 0.25) is 0 Å². The number of aromatic nitrogens is 2. The quantitative estimate of drug-likeness (QED) is 0.867. The molecule has 0 bridgehead atoms. The number of rotatable bonds is 3. The summed E-state index contributed by atoms with van der Waals surface area (Å²) in [5.74, 6) is 1.75. The fourth-order valence-electron chi connectivity index (χ4n) is 3.50. The molecule has 3 rings (SSSR count). The van der Waals surface area contributed by atoms with E-state index >= 15 is 0 Å². The Balaban J connectivity index is 1.79. The molecule has 0 unspecified atom stereocenters. The Kier molecular flexibility index (Phi) is 4.69. The van der Waals surface area contributed by atoms with E-state index in [2.05, 4.69) is 43.7 Å². The Morgan fingerprint density at radius 1 is 1.17 bits per heavy atom. The number of fused-ring (bicyclic) bond motifs is 1. The molecule has 0 N–H and O–H groups in total. The van der Waals surface area contributed by atoms with Crippen molar-refractivity contribution in [2.24, 2.45) is 7.05 Å². The van der Waals surface area contributed by atoms with Crippen molar-refractivity contribution in [3.05, 3.63) is 29.6 Å². The second-order valence-corrected chi connectivity index (χ2v) is 6.98. The largest absolute Gasteiger partial charge is 0.342 e. The predicted molar refractivity (Wildman–Crippen MR) is 93.6 cm³/mol. The van der Waals surface area contributed by atoms with Crippen molar-refractivity contribution in [1.29, 1.82) is 0 Å². The van der Waals surface area contributed by atoms with E-state index in [9.17, 15) is 4.79 Å². The van der Waals surface area contributed by atoms with Crippen LogP contribution in [0.25, 0.3) is 11.0 Å². The van der Waals surface area contributed by atoms with Crippen LogP contribution >= 0.6 is 0 Å². The van der Waals surface area contributed by atoms with Gasteiger partial charge in [0.05, 0.1) is 17.5 Å². The normalized spacial score (nSPS) is 16.1. The number of hydrogen-bond acceptors (Lipinski definition) is 2. The average Bonchev–Trinajstić information content (AvgIpc) is 2.71. The zero-order chi connectivity index (χ0) is 16.4. The van der Waals surface area contributed by atoms with Crippen LogP contribution in [-0.4, -0.2) is 33.4 Å². The Bertz CT molecular complexity index is 694. The Labute approximate surface area is 138 Å². The smallest absolute Gasteiger partial charge is 0.226 e. The molecule has 2 heterocycles. The number of imidazole rings is 1. The first-order valence-electron chi connectivity index (χ1n) is 8.79. The maximum atomic E-state index is 12.5. The molecular formula is C19H27N3O. The highest BCUT2D eigenvalue weighted by molar-refractivity contribution is 5.82. The SMILES string of the molecule is CC(C)c1nc2cc(CC(=O)N3CCCCCC3)ccc2n1C. The highest BCUT2D eigenvalue weighted by atomic mass is 16.2. The van der Waals surface area contributed by atoms with Crippen LogP contribution in [0.3, 0.4) is 0 Å². The Morgan fingerprint density at radius 2 is 1.87 bits per heavy atom. The van der Waals surface area contributed by atoms with Crippen molar-refractivity contribution in [1.82, 2.24) is 14.5 Å². The summed E-state index contributed by atoms with van der Waals surface area (Å²) in [6, 6.07) is 6.25. The first-order chi connectivity index (χ1) is 11.1. The number of hydrogen-bond donors (Lipinski definition) is 0. The molecule has 4 nitrogen and oxygen atoms in total. The van der Waals surface area contributed by atoms with Gasteiger partial charge in [0.1, 0.15) is 5.82 Å². The average molecular weight is 313 g/mol. The molecule has 2 aromatic rings.